The summed E-state index contributed by atoms with van der Waals surface area (Å²) in [5, 5.41) is 5.64. The number of aromatic amines is 1. The number of ether oxygens (including phenoxy) is 2. The number of oxazole rings is 1. The van der Waals surface area contributed by atoms with Crippen LogP contribution in [0.5, 0.6) is 11.5 Å². The van der Waals surface area contributed by atoms with Crippen molar-refractivity contribution in [1.82, 2.24) is 25.5 Å². The molecule has 1 aliphatic rings. The van der Waals surface area contributed by atoms with Crippen LogP contribution in [0.25, 0.3) is 11.5 Å². The highest BCUT2D eigenvalue weighted by molar-refractivity contribution is 5.97. The summed E-state index contributed by atoms with van der Waals surface area (Å²) in [4.78, 5) is 48.0. The van der Waals surface area contributed by atoms with Crippen molar-refractivity contribution in [2.75, 3.05) is 26.8 Å². The van der Waals surface area contributed by atoms with Crippen LogP contribution >= 0.6 is 0 Å². The highest BCUT2D eigenvalue weighted by Gasteiger charge is 2.27. The Morgan fingerprint density at radius 2 is 2.05 bits per heavy atom. The van der Waals surface area contributed by atoms with E-state index in [1.165, 1.54) is 4.90 Å². The minimum Gasteiger partial charge on any atom is -0.493 e. The smallest absolute Gasteiger partial charge is 0.255 e. The molecule has 0 spiro atoms. The number of nitrogens with zero attached hydrogens (tertiary/aromatic N) is 2. The van der Waals surface area contributed by atoms with E-state index in [4.69, 9.17) is 13.9 Å². The molecule has 4 rings (SSSR count). The van der Waals surface area contributed by atoms with Gasteiger partial charge in [-0.1, -0.05) is 13.8 Å². The minimum atomic E-state index is -0.787. The molecule has 4 bridgehead atoms. The molecular weight excluding hydrogens is 490 g/mol. The molecule has 11 heteroatoms. The monoisotopic (exact) mass is 523 g/mol. The molecule has 202 valence electrons. The Kier molecular flexibility index (Phi) is 8.35. The van der Waals surface area contributed by atoms with E-state index in [2.05, 4.69) is 20.6 Å². The fourth-order valence-electron chi connectivity index (χ4n) is 4.18. The fourth-order valence-corrected chi connectivity index (χ4v) is 4.18. The van der Waals surface area contributed by atoms with Gasteiger partial charge in [-0.25, -0.2) is 4.98 Å². The third-order valence-corrected chi connectivity index (χ3v) is 6.30. The number of H-pyrrole nitrogens is 1. The largest absolute Gasteiger partial charge is 0.493 e. The summed E-state index contributed by atoms with van der Waals surface area (Å²) in [5.74, 6) is 0.740. The Hall–Kier alpha value is -4.28. The number of benzene rings is 1. The molecule has 3 N–H and O–H groups in total. The molecule has 38 heavy (non-hydrogen) atoms. The molecule has 0 aliphatic carbocycles. The van der Waals surface area contributed by atoms with Gasteiger partial charge in [-0.15, -0.1) is 0 Å². The molecule has 0 saturated carbocycles. The predicted molar refractivity (Wildman–Crippen MR) is 139 cm³/mol. The van der Waals surface area contributed by atoms with E-state index in [0.717, 1.165) is 0 Å². The van der Waals surface area contributed by atoms with Crippen molar-refractivity contribution in [3.8, 4) is 23.0 Å². The predicted octanol–water partition coefficient (Wildman–Crippen LogP) is 2.67. The summed E-state index contributed by atoms with van der Waals surface area (Å²) in [7, 11) is 1.55. The van der Waals surface area contributed by atoms with E-state index in [-0.39, 0.29) is 44.0 Å². The lowest BCUT2D eigenvalue weighted by atomic mass is 10.0. The van der Waals surface area contributed by atoms with Gasteiger partial charge in [0.2, 0.25) is 17.7 Å². The van der Waals surface area contributed by atoms with E-state index in [9.17, 15) is 14.4 Å². The van der Waals surface area contributed by atoms with Gasteiger partial charge >= 0.3 is 0 Å². The zero-order valence-electron chi connectivity index (χ0n) is 22.0. The fraction of sp³-hybridized carbons (Fsp3) is 0.407. The topological polar surface area (TPSA) is 139 Å². The first kappa shape index (κ1) is 26.8. The number of aryl methyl sites for hydroxylation is 1. The van der Waals surface area contributed by atoms with Gasteiger partial charge in [0.05, 0.1) is 32.4 Å². The molecule has 11 nitrogen and oxygen atoms in total. The number of amides is 3. The van der Waals surface area contributed by atoms with Gasteiger partial charge in [-0.2, -0.15) is 0 Å². The van der Waals surface area contributed by atoms with Crippen LogP contribution in [0.2, 0.25) is 0 Å². The third kappa shape index (κ3) is 6.16. The van der Waals surface area contributed by atoms with Gasteiger partial charge in [0.25, 0.3) is 5.91 Å². The number of fused-ring (bicyclic) bond motifs is 5. The van der Waals surface area contributed by atoms with Crippen LogP contribution in [0.15, 0.2) is 41.1 Å². The lowest BCUT2D eigenvalue weighted by Crippen LogP contribution is -2.52. The van der Waals surface area contributed by atoms with Crippen molar-refractivity contribution in [3.05, 3.63) is 53.7 Å². The lowest BCUT2D eigenvalue weighted by Gasteiger charge is -2.25. The molecule has 0 radical (unpaired) electrons. The van der Waals surface area contributed by atoms with Crippen LogP contribution in [0.3, 0.4) is 0 Å². The second-order valence-electron chi connectivity index (χ2n) is 9.42. The average Bonchev–Trinajstić information content (AvgIpc) is 3.56. The summed E-state index contributed by atoms with van der Waals surface area (Å²) in [6.07, 6.45) is 3.68. The summed E-state index contributed by atoms with van der Waals surface area (Å²) in [6, 6.07) is 6.23. The van der Waals surface area contributed by atoms with Gasteiger partial charge in [-0.05, 0) is 43.5 Å². The maximum Gasteiger partial charge on any atom is 0.255 e. The summed E-state index contributed by atoms with van der Waals surface area (Å²) in [6.45, 7) is 5.93. The Bertz CT molecular complexity index is 1280. The zero-order chi connectivity index (χ0) is 27.2. The van der Waals surface area contributed by atoms with Crippen LogP contribution in [-0.2, 0) is 16.1 Å². The highest BCUT2D eigenvalue weighted by Crippen LogP contribution is 2.33. The maximum absolute atomic E-state index is 13.1. The number of carbonyl (C=O) groups excluding carboxylic acids is 3. The van der Waals surface area contributed by atoms with Crippen molar-refractivity contribution >= 4 is 17.7 Å². The molecule has 3 amide bonds. The van der Waals surface area contributed by atoms with Crippen molar-refractivity contribution in [2.45, 2.75) is 39.8 Å². The SMILES string of the molecule is COc1ccc2cc1OCCCN(C(=O)c1cc[nH]c1)CC(=O)N[C@@H](C(C)C)C(=O)NCc1nc-2oc1C. The first-order valence-corrected chi connectivity index (χ1v) is 12.5. The maximum atomic E-state index is 13.1. The Morgan fingerprint density at radius 3 is 2.76 bits per heavy atom. The van der Waals surface area contributed by atoms with Crippen LogP contribution in [-0.4, -0.2) is 65.4 Å². The van der Waals surface area contributed by atoms with Crippen molar-refractivity contribution in [3.63, 3.8) is 0 Å². The second-order valence-corrected chi connectivity index (χ2v) is 9.42. The summed E-state index contributed by atoms with van der Waals surface area (Å²) >= 11 is 0. The van der Waals surface area contributed by atoms with Crippen molar-refractivity contribution in [1.29, 1.82) is 0 Å². The molecular formula is C27H33N5O6. The number of carbonyl (C=O) groups is 3. The number of hydrogen-bond acceptors (Lipinski definition) is 7. The van der Waals surface area contributed by atoms with Crippen LogP contribution < -0.4 is 20.1 Å². The van der Waals surface area contributed by atoms with E-state index < -0.39 is 11.9 Å². The van der Waals surface area contributed by atoms with Crippen LogP contribution in [0.1, 0.15) is 42.1 Å². The number of hydrogen-bond donors (Lipinski definition) is 3. The Morgan fingerprint density at radius 1 is 1.24 bits per heavy atom. The Labute approximate surface area is 220 Å². The van der Waals surface area contributed by atoms with Gasteiger partial charge in [0.1, 0.15) is 17.5 Å². The number of aromatic nitrogens is 2. The molecule has 0 fully saturated rings. The Balaban J connectivity index is 1.64. The molecule has 3 aromatic rings. The number of rotatable bonds is 3. The quantitative estimate of drug-likeness (QED) is 0.480. The third-order valence-electron chi connectivity index (χ3n) is 6.30. The number of nitrogens with one attached hydrogen (secondary N) is 3. The normalized spacial score (nSPS) is 17.2. The van der Waals surface area contributed by atoms with Crippen molar-refractivity contribution < 1.29 is 28.3 Å². The highest BCUT2D eigenvalue weighted by atomic mass is 16.5. The van der Waals surface area contributed by atoms with E-state index >= 15 is 0 Å². The molecule has 2 aromatic heterocycles. The van der Waals surface area contributed by atoms with Gasteiger partial charge in [0.15, 0.2) is 11.5 Å². The van der Waals surface area contributed by atoms with Gasteiger partial charge in [0, 0.05) is 24.5 Å². The summed E-state index contributed by atoms with van der Waals surface area (Å²) < 4.78 is 17.3. The average molecular weight is 524 g/mol. The minimum absolute atomic E-state index is 0.130. The van der Waals surface area contributed by atoms with E-state index in [1.54, 1.807) is 44.6 Å². The lowest BCUT2D eigenvalue weighted by molar-refractivity contribution is -0.130. The first-order valence-electron chi connectivity index (χ1n) is 12.5. The van der Waals surface area contributed by atoms with E-state index in [0.29, 0.717) is 46.4 Å². The van der Waals surface area contributed by atoms with Crippen LogP contribution in [0.4, 0.5) is 0 Å². The van der Waals surface area contributed by atoms with Crippen LogP contribution in [0, 0.1) is 12.8 Å². The van der Waals surface area contributed by atoms with Gasteiger partial charge < -0.3 is 34.4 Å². The zero-order valence-corrected chi connectivity index (χ0v) is 22.0. The molecule has 3 heterocycles. The molecule has 1 atom stereocenters. The van der Waals surface area contributed by atoms with Crippen molar-refractivity contribution in [2.24, 2.45) is 5.92 Å². The molecule has 0 unspecified atom stereocenters. The van der Waals surface area contributed by atoms with E-state index in [1.807, 2.05) is 19.9 Å². The summed E-state index contributed by atoms with van der Waals surface area (Å²) in [5.41, 5.74) is 1.71. The number of methoxy groups -OCH3 is 1. The second kappa shape index (κ2) is 11.8. The molecule has 1 aliphatic heterocycles. The molecule has 1 aromatic carbocycles. The molecule has 0 saturated heterocycles. The first-order chi connectivity index (χ1) is 18.3. The van der Waals surface area contributed by atoms with Gasteiger partial charge in [-0.3, -0.25) is 14.4 Å². The standard InChI is InChI=1S/C27H33N5O6/c1-16(2)24-25(34)29-14-20-17(3)38-26(30-20)18-6-7-21(36-4)22(12-18)37-11-5-10-32(15-23(33)31-24)27(35)19-8-9-28-13-19/h6-9,12-13,16,24,28H,5,10-11,14-15H2,1-4H3,(H,29,34)(H,31,33)/t24-/m0/s1.